The van der Waals surface area contributed by atoms with Crippen LogP contribution in [0.2, 0.25) is 0 Å². The number of hydrogen-bond acceptors (Lipinski definition) is 1. The van der Waals surface area contributed by atoms with E-state index in [0.717, 1.165) is 31.9 Å². The van der Waals surface area contributed by atoms with Crippen molar-refractivity contribution in [3.63, 3.8) is 0 Å². The lowest BCUT2D eigenvalue weighted by Crippen LogP contribution is -2.39. The van der Waals surface area contributed by atoms with Gasteiger partial charge in [-0.2, -0.15) is 0 Å². The van der Waals surface area contributed by atoms with E-state index in [1.165, 1.54) is 19.3 Å². The molecule has 0 atom stereocenters. The van der Waals surface area contributed by atoms with Crippen LogP contribution in [0.3, 0.4) is 0 Å². The summed E-state index contributed by atoms with van der Waals surface area (Å²) in [5, 5.41) is 3.38. The van der Waals surface area contributed by atoms with Crippen molar-refractivity contribution < 1.29 is 0 Å². The van der Waals surface area contributed by atoms with Crippen LogP contribution in [-0.4, -0.2) is 38.0 Å². The Balaban J connectivity index is 0. The van der Waals surface area contributed by atoms with Gasteiger partial charge in [0.05, 0.1) is 0 Å². The van der Waals surface area contributed by atoms with Gasteiger partial charge in [0, 0.05) is 27.2 Å². The molecule has 0 spiro atoms. The van der Waals surface area contributed by atoms with Crippen LogP contribution < -0.4 is 5.32 Å². The topological polar surface area (TPSA) is 27.6 Å². The molecule has 0 radical (unpaired) electrons. The van der Waals surface area contributed by atoms with Gasteiger partial charge in [-0.3, -0.25) is 4.99 Å². The van der Waals surface area contributed by atoms with Gasteiger partial charge in [-0.15, -0.1) is 30.6 Å². The molecule has 0 rings (SSSR count). The van der Waals surface area contributed by atoms with E-state index in [1.54, 1.807) is 0 Å². The number of guanidine groups is 1. The van der Waals surface area contributed by atoms with Crippen molar-refractivity contribution in [3.05, 3.63) is 12.7 Å². The summed E-state index contributed by atoms with van der Waals surface area (Å²) in [6.07, 6.45) is 7.92. The summed E-state index contributed by atoms with van der Waals surface area (Å²) < 4.78 is 0. The van der Waals surface area contributed by atoms with Crippen molar-refractivity contribution in [2.24, 2.45) is 4.99 Å². The molecule has 17 heavy (non-hydrogen) atoms. The third-order valence-corrected chi connectivity index (χ3v) is 2.54. The van der Waals surface area contributed by atoms with Gasteiger partial charge in [0.1, 0.15) is 0 Å². The van der Waals surface area contributed by atoms with Crippen LogP contribution in [0.5, 0.6) is 0 Å². The van der Waals surface area contributed by atoms with Gasteiger partial charge in [0.2, 0.25) is 0 Å². The highest BCUT2D eigenvalue weighted by Gasteiger charge is 2.03. The maximum absolute atomic E-state index is 4.27. The van der Waals surface area contributed by atoms with Gasteiger partial charge in [0.25, 0.3) is 0 Å². The molecule has 0 aliphatic carbocycles. The SMILES string of the molecule is C=CCCCN(C)C(=NC)NCCCCC.I. The van der Waals surface area contributed by atoms with E-state index in [0.29, 0.717) is 0 Å². The van der Waals surface area contributed by atoms with Crippen LogP contribution in [0.15, 0.2) is 17.6 Å². The minimum absolute atomic E-state index is 0. The number of aliphatic imine (C=N–C) groups is 1. The summed E-state index contributed by atoms with van der Waals surface area (Å²) in [5.74, 6) is 1.00. The lowest BCUT2D eigenvalue weighted by molar-refractivity contribution is 0.468. The number of unbranched alkanes of at least 4 members (excludes halogenated alkanes) is 3. The number of rotatable bonds is 8. The van der Waals surface area contributed by atoms with Gasteiger partial charge in [-0.1, -0.05) is 25.8 Å². The molecule has 102 valence electrons. The van der Waals surface area contributed by atoms with Crippen LogP contribution in [-0.2, 0) is 0 Å². The number of nitrogens with zero attached hydrogens (tertiary/aromatic N) is 2. The second kappa shape index (κ2) is 13.8. The molecule has 0 aliphatic rings. The highest BCUT2D eigenvalue weighted by atomic mass is 127. The Labute approximate surface area is 124 Å². The van der Waals surface area contributed by atoms with Gasteiger partial charge in [-0.05, 0) is 19.3 Å². The van der Waals surface area contributed by atoms with Crippen LogP contribution in [0.4, 0.5) is 0 Å². The van der Waals surface area contributed by atoms with Gasteiger partial charge in [-0.25, -0.2) is 0 Å². The first kappa shape index (κ1) is 19.1. The summed E-state index contributed by atoms with van der Waals surface area (Å²) in [4.78, 5) is 6.45. The van der Waals surface area contributed by atoms with E-state index in [1.807, 2.05) is 13.1 Å². The summed E-state index contributed by atoms with van der Waals surface area (Å²) >= 11 is 0. The average Bonchev–Trinajstić information content (AvgIpc) is 2.29. The molecule has 3 nitrogen and oxygen atoms in total. The molecule has 0 fully saturated rings. The molecule has 0 aromatic heterocycles. The van der Waals surface area contributed by atoms with Crippen LogP contribution in [0.1, 0.15) is 39.0 Å². The molecule has 0 saturated carbocycles. The number of nitrogens with one attached hydrogen (secondary N) is 1. The molecular weight excluding hydrogens is 325 g/mol. The maximum atomic E-state index is 4.27. The van der Waals surface area contributed by atoms with Crippen LogP contribution in [0, 0.1) is 0 Å². The van der Waals surface area contributed by atoms with Crippen molar-refractivity contribution in [2.75, 3.05) is 27.2 Å². The van der Waals surface area contributed by atoms with E-state index < -0.39 is 0 Å². The van der Waals surface area contributed by atoms with Crippen molar-refractivity contribution in [2.45, 2.75) is 39.0 Å². The molecule has 0 saturated heterocycles. The normalized spacial score (nSPS) is 10.6. The second-order valence-electron chi connectivity index (χ2n) is 4.03. The molecule has 4 heteroatoms. The molecule has 0 aromatic rings. The van der Waals surface area contributed by atoms with Crippen LogP contribution in [0.25, 0.3) is 0 Å². The first-order valence-electron chi connectivity index (χ1n) is 6.29. The Morgan fingerprint density at radius 3 is 2.59 bits per heavy atom. The predicted octanol–water partition coefficient (Wildman–Crippen LogP) is 3.27. The predicted molar refractivity (Wildman–Crippen MR) is 88.4 cm³/mol. The molecule has 0 bridgehead atoms. The first-order valence-corrected chi connectivity index (χ1v) is 6.29. The van der Waals surface area contributed by atoms with Crippen molar-refractivity contribution in [3.8, 4) is 0 Å². The second-order valence-corrected chi connectivity index (χ2v) is 4.03. The summed E-state index contributed by atoms with van der Waals surface area (Å²) in [6, 6.07) is 0. The molecule has 0 unspecified atom stereocenters. The van der Waals surface area contributed by atoms with Crippen LogP contribution >= 0.6 is 24.0 Å². The fraction of sp³-hybridized carbons (Fsp3) is 0.769. The zero-order valence-corrected chi connectivity index (χ0v) is 13.9. The van der Waals surface area contributed by atoms with Crippen molar-refractivity contribution >= 4 is 29.9 Å². The summed E-state index contributed by atoms with van der Waals surface area (Å²) in [5.41, 5.74) is 0. The fourth-order valence-corrected chi connectivity index (χ4v) is 1.54. The minimum Gasteiger partial charge on any atom is -0.356 e. The summed E-state index contributed by atoms with van der Waals surface area (Å²) in [6.45, 7) is 7.99. The Hall–Kier alpha value is -0.260. The smallest absolute Gasteiger partial charge is 0.193 e. The molecule has 1 N–H and O–H groups in total. The lowest BCUT2D eigenvalue weighted by Gasteiger charge is -2.21. The molecule has 0 heterocycles. The molecule has 0 amide bonds. The zero-order chi connectivity index (χ0) is 12.2. The van der Waals surface area contributed by atoms with Crippen molar-refractivity contribution in [1.82, 2.24) is 10.2 Å². The Morgan fingerprint density at radius 1 is 1.35 bits per heavy atom. The lowest BCUT2D eigenvalue weighted by atomic mass is 10.2. The van der Waals surface area contributed by atoms with Gasteiger partial charge >= 0.3 is 0 Å². The van der Waals surface area contributed by atoms with E-state index in [-0.39, 0.29) is 24.0 Å². The number of hydrogen-bond donors (Lipinski definition) is 1. The van der Waals surface area contributed by atoms with E-state index in [9.17, 15) is 0 Å². The molecule has 0 aromatic carbocycles. The molecular formula is C13H28IN3. The van der Waals surface area contributed by atoms with E-state index in [2.05, 4.69) is 35.8 Å². The Morgan fingerprint density at radius 2 is 2.06 bits per heavy atom. The van der Waals surface area contributed by atoms with E-state index >= 15 is 0 Å². The third-order valence-electron chi connectivity index (χ3n) is 2.54. The monoisotopic (exact) mass is 353 g/mol. The fourth-order valence-electron chi connectivity index (χ4n) is 1.54. The molecule has 0 aliphatic heterocycles. The van der Waals surface area contributed by atoms with Gasteiger partial charge in [0.15, 0.2) is 5.96 Å². The minimum atomic E-state index is 0. The Kier molecular flexibility index (Phi) is 15.5. The Bertz CT molecular complexity index is 205. The average molecular weight is 353 g/mol. The standard InChI is InChI=1S/C13H27N3.HI/c1-5-7-9-11-15-13(14-3)16(4)12-10-8-6-2;/h6H,2,5,7-12H2,1,3-4H3,(H,14,15);1H. The number of halogens is 1. The first-order chi connectivity index (χ1) is 7.76. The van der Waals surface area contributed by atoms with E-state index in [4.69, 9.17) is 0 Å². The largest absolute Gasteiger partial charge is 0.356 e. The highest BCUT2D eigenvalue weighted by molar-refractivity contribution is 14.0. The quantitative estimate of drug-likeness (QED) is 0.238. The third kappa shape index (κ3) is 10.6. The van der Waals surface area contributed by atoms with Gasteiger partial charge < -0.3 is 10.2 Å². The zero-order valence-electron chi connectivity index (χ0n) is 11.5. The van der Waals surface area contributed by atoms with Crippen molar-refractivity contribution in [1.29, 1.82) is 0 Å². The maximum Gasteiger partial charge on any atom is 0.193 e. The summed E-state index contributed by atoms with van der Waals surface area (Å²) in [7, 11) is 3.92. The number of allylic oxidation sites excluding steroid dienone is 1. The highest BCUT2D eigenvalue weighted by Crippen LogP contribution is 1.95.